The second-order valence-electron chi connectivity index (χ2n) is 4.46. The first-order valence-electron chi connectivity index (χ1n) is 6.17. The molecule has 4 nitrogen and oxygen atoms in total. The van der Waals surface area contributed by atoms with Crippen LogP contribution >= 0.6 is 0 Å². The first-order valence-corrected chi connectivity index (χ1v) is 7.71. The second kappa shape index (κ2) is 6.61. The molecule has 2 N–H and O–H groups in total. The molecule has 1 aromatic rings. The van der Waals surface area contributed by atoms with Gasteiger partial charge in [-0.05, 0) is 31.7 Å². The zero-order chi connectivity index (χ0) is 16.3. The third-order valence-corrected chi connectivity index (χ3v) is 4.49. The van der Waals surface area contributed by atoms with Gasteiger partial charge in [0.1, 0.15) is 5.82 Å². The van der Waals surface area contributed by atoms with E-state index in [1.807, 2.05) is 4.72 Å². The fraction of sp³-hybridized carbons (Fsp3) is 0.500. The van der Waals surface area contributed by atoms with Crippen LogP contribution in [0.1, 0.15) is 19.4 Å². The minimum absolute atomic E-state index is 0.104. The predicted molar refractivity (Wildman–Crippen MR) is 72.0 cm³/mol. The van der Waals surface area contributed by atoms with Crippen molar-refractivity contribution in [3.05, 3.63) is 29.6 Å². The molecule has 0 saturated carbocycles. The first-order chi connectivity index (χ1) is 9.58. The lowest BCUT2D eigenvalue weighted by Crippen LogP contribution is -2.35. The Labute approximate surface area is 120 Å². The number of rotatable bonds is 6. The van der Waals surface area contributed by atoms with E-state index in [-0.39, 0.29) is 6.54 Å². The average Bonchev–Trinajstić information content (AvgIpc) is 2.36. The van der Waals surface area contributed by atoms with E-state index in [0.717, 1.165) is 0 Å². The topological polar surface area (TPSA) is 58.2 Å². The molecular formula is C12H16F4N2O2S. The lowest BCUT2D eigenvalue weighted by molar-refractivity contribution is -0.137. The van der Waals surface area contributed by atoms with Crippen molar-refractivity contribution in [1.82, 2.24) is 5.32 Å². The first kappa shape index (κ1) is 17.7. The summed E-state index contributed by atoms with van der Waals surface area (Å²) >= 11 is 0. The Balaban J connectivity index is 3.01. The van der Waals surface area contributed by atoms with Gasteiger partial charge in [0.05, 0.1) is 16.5 Å². The highest BCUT2D eigenvalue weighted by Gasteiger charge is 2.32. The van der Waals surface area contributed by atoms with Gasteiger partial charge in [-0.2, -0.15) is 13.2 Å². The second-order valence-corrected chi connectivity index (χ2v) is 6.56. The van der Waals surface area contributed by atoms with Crippen LogP contribution in [0.3, 0.4) is 0 Å². The highest BCUT2D eigenvalue weighted by atomic mass is 32.2. The van der Waals surface area contributed by atoms with Crippen molar-refractivity contribution in [3.63, 3.8) is 0 Å². The van der Waals surface area contributed by atoms with E-state index in [1.54, 1.807) is 6.92 Å². The summed E-state index contributed by atoms with van der Waals surface area (Å²) in [5.74, 6) is -1.07. The molecule has 1 unspecified atom stereocenters. The number of alkyl halides is 3. The number of benzene rings is 1. The minimum Gasteiger partial charge on any atom is -0.316 e. The van der Waals surface area contributed by atoms with Gasteiger partial charge in [-0.25, -0.2) is 12.8 Å². The summed E-state index contributed by atoms with van der Waals surface area (Å²) in [7, 11) is -3.99. The molecule has 120 valence electrons. The number of hydrogen-bond donors (Lipinski definition) is 2. The Hall–Kier alpha value is -1.35. The zero-order valence-corrected chi connectivity index (χ0v) is 12.3. The molecule has 0 fully saturated rings. The summed E-state index contributed by atoms with van der Waals surface area (Å²) in [5, 5.41) is 1.87. The molecule has 0 saturated heterocycles. The molecule has 0 aromatic heterocycles. The summed E-state index contributed by atoms with van der Waals surface area (Å²) in [5.41, 5.74) is -1.84. The molecule has 0 aliphatic rings. The Morgan fingerprint density at radius 3 is 2.43 bits per heavy atom. The summed E-state index contributed by atoms with van der Waals surface area (Å²) in [4.78, 5) is 0. The maximum atomic E-state index is 13.5. The van der Waals surface area contributed by atoms with Gasteiger partial charge >= 0.3 is 6.18 Å². The molecule has 0 amide bonds. The van der Waals surface area contributed by atoms with Crippen LogP contribution in [0.15, 0.2) is 18.2 Å². The maximum Gasteiger partial charge on any atom is 0.416 e. The lowest BCUT2D eigenvalue weighted by Gasteiger charge is -2.16. The van der Waals surface area contributed by atoms with Crippen LogP contribution < -0.4 is 10.0 Å². The van der Waals surface area contributed by atoms with Crippen molar-refractivity contribution >= 4 is 15.7 Å². The number of nitrogens with one attached hydrogen (secondary N) is 2. The number of halogens is 4. The monoisotopic (exact) mass is 328 g/mol. The van der Waals surface area contributed by atoms with E-state index >= 15 is 0 Å². The van der Waals surface area contributed by atoms with E-state index in [9.17, 15) is 26.0 Å². The SMILES string of the molecule is CCNCC(C)S(=O)(=O)Nc1cc(C(F)(F)F)ccc1F. The van der Waals surface area contributed by atoms with Gasteiger partial charge in [0.25, 0.3) is 0 Å². The van der Waals surface area contributed by atoms with E-state index < -0.39 is 38.5 Å². The fourth-order valence-electron chi connectivity index (χ4n) is 1.49. The summed E-state index contributed by atoms with van der Waals surface area (Å²) < 4.78 is 76.8. The third-order valence-electron chi connectivity index (χ3n) is 2.76. The Morgan fingerprint density at radius 1 is 1.29 bits per heavy atom. The lowest BCUT2D eigenvalue weighted by atomic mass is 10.2. The van der Waals surface area contributed by atoms with Gasteiger partial charge in [0.2, 0.25) is 10.0 Å². The molecule has 21 heavy (non-hydrogen) atoms. The largest absolute Gasteiger partial charge is 0.416 e. The molecule has 0 radical (unpaired) electrons. The molecule has 1 rings (SSSR count). The number of sulfonamides is 1. The van der Waals surface area contributed by atoms with Gasteiger partial charge in [0, 0.05) is 6.54 Å². The van der Waals surface area contributed by atoms with Crippen LogP contribution in [0.25, 0.3) is 0 Å². The molecule has 0 aliphatic heterocycles. The van der Waals surface area contributed by atoms with Crippen LogP contribution in [0.5, 0.6) is 0 Å². The Morgan fingerprint density at radius 2 is 1.90 bits per heavy atom. The van der Waals surface area contributed by atoms with Gasteiger partial charge in [0.15, 0.2) is 0 Å². The highest BCUT2D eigenvalue weighted by molar-refractivity contribution is 7.93. The molecule has 0 bridgehead atoms. The van der Waals surface area contributed by atoms with Crippen molar-refractivity contribution in [2.45, 2.75) is 25.3 Å². The third kappa shape index (κ3) is 4.85. The van der Waals surface area contributed by atoms with E-state index in [4.69, 9.17) is 0 Å². The maximum absolute atomic E-state index is 13.5. The fourth-order valence-corrected chi connectivity index (χ4v) is 2.49. The molecule has 0 heterocycles. The van der Waals surface area contributed by atoms with Crippen molar-refractivity contribution in [3.8, 4) is 0 Å². The number of hydrogen-bond acceptors (Lipinski definition) is 3. The average molecular weight is 328 g/mol. The van der Waals surface area contributed by atoms with Crippen LogP contribution in [0, 0.1) is 5.82 Å². The van der Waals surface area contributed by atoms with Crippen LogP contribution in [0.2, 0.25) is 0 Å². The summed E-state index contributed by atoms with van der Waals surface area (Å²) in [6.07, 6.45) is -4.68. The highest BCUT2D eigenvalue weighted by Crippen LogP contribution is 2.32. The molecule has 0 spiro atoms. The van der Waals surface area contributed by atoms with Crippen LogP contribution in [-0.2, 0) is 16.2 Å². The normalized spacial score (nSPS) is 14.0. The van der Waals surface area contributed by atoms with Crippen LogP contribution in [-0.4, -0.2) is 26.8 Å². The summed E-state index contributed by atoms with van der Waals surface area (Å²) in [6.45, 7) is 3.79. The van der Waals surface area contributed by atoms with E-state index in [0.29, 0.717) is 24.7 Å². The van der Waals surface area contributed by atoms with Crippen molar-refractivity contribution < 1.29 is 26.0 Å². The number of anilines is 1. The van der Waals surface area contributed by atoms with Crippen molar-refractivity contribution in [2.75, 3.05) is 17.8 Å². The van der Waals surface area contributed by atoms with Crippen LogP contribution in [0.4, 0.5) is 23.2 Å². The molecule has 1 aromatic carbocycles. The molecular weight excluding hydrogens is 312 g/mol. The summed E-state index contributed by atoms with van der Waals surface area (Å²) in [6, 6.07) is 1.57. The Bertz CT molecular complexity index is 587. The molecule has 0 aliphatic carbocycles. The van der Waals surface area contributed by atoms with Gasteiger partial charge in [-0.3, -0.25) is 4.72 Å². The van der Waals surface area contributed by atoms with E-state index in [1.165, 1.54) is 6.92 Å². The zero-order valence-electron chi connectivity index (χ0n) is 11.5. The standard InChI is InChI=1S/C12H16F4N2O2S/c1-3-17-7-8(2)21(19,20)18-11-6-9(12(14,15)16)4-5-10(11)13/h4-6,8,17-18H,3,7H2,1-2H3. The molecule has 1 atom stereocenters. The van der Waals surface area contributed by atoms with E-state index in [2.05, 4.69) is 5.32 Å². The van der Waals surface area contributed by atoms with Gasteiger partial charge in [-0.1, -0.05) is 6.92 Å². The van der Waals surface area contributed by atoms with Gasteiger partial charge < -0.3 is 5.32 Å². The minimum atomic E-state index is -4.68. The molecule has 9 heteroatoms. The smallest absolute Gasteiger partial charge is 0.316 e. The Kier molecular flexibility index (Phi) is 5.57. The van der Waals surface area contributed by atoms with Crippen molar-refractivity contribution in [1.29, 1.82) is 0 Å². The predicted octanol–water partition coefficient (Wildman–Crippen LogP) is 2.58. The quantitative estimate of drug-likeness (QED) is 0.789. The van der Waals surface area contributed by atoms with Gasteiger partial charge in [-0.15, -0.1) is 0 Å². The van der Waals surface area contributed by atoms with Crippen molar-refractivity contribution in [2.24, 2.45) is 0 Å².